The molecule has 2 aromatic rings. The van der Waals surface area contributed by atoms with Crippen LogP contribution in [0, 0.1) is 0 Å². The molecule has 0 saturated heterocycles. The van der Waals surface area contributed by atoms with E-state index in [0.717, 1.165) is 10.4 Å². The number of methoxy groups -OCH3 is 1. The highest BCUT2D eigenvalue weighted by atomic mass is 32.2. The predicted molar refractivity (Wildman–Crippen MR) is 98.0 cm³/mol. The molecule has 1 aromatic heterocycles. The number of nitrogens with two attached hydrogens (primary N) is 1. The van der Waals surface area contributed by atoms with Crippen LogP contribution in [-0.4, -0.2) is 27.4 Å². The molecule has 140 valence electrons. The van der Waals surface area contributed by atoms with Gasteiger partial charge in [0.25, 0.3) is 0 Å². The molecule has 0 unspecified atom stereocenters. The van der Waals surface area contributed by atoms with E-state index in [0.29, 0.717) is 6.42 Å². The van der Waals surface area contributed by atoms with Crippen molar-refractivity contribution in [3.63, 3.8) is 0 Å². The monoisotopic (exact) mass is 396 g/mol. The average Bonchev–Trinajstić information content (AvgIpc) is 3.13. The second-order valence-corrected chi connectivity index (χ2v) is 8.15. The van der Waals surface area contributed by atoms with Gasteiger partial charge in [-0.15, -0.1) is 11.3 Å². The van der Waals surface area contributed by atoms with E-state index in [-0.39, 0.29) is 23.6 Å². The first-order chi connectivity index (χ1) is 12.3. The van der Waals surface area contributed by atoms with E-state index in [9.17, 15) is 18.0 Å². The fourth-order valence-corrected chi connectivity index (χ4v) is 3.63. The lowest BCUT2D eigenvalue weighted by molar-refractivity contribution is -0.141. The number of amides is 1. The molecule has 0 saturated carbocycles. The summed E-state index contributed by atoms with van der Waals surface area (Å²) < 4.78 is 27.2. The summed E-state index contributed by atoms with van der Waals surface area (Å²) in [6.45, 7) is 0. The van der Waals surface area contributed by atoms with Gasteiger partial charge in [0.15, 0.2) is 0 Å². The van der Waals surface area contributed by atoms with Crippen molar-refractivity contribution in [2.24, 2.45) is 5.14 Å². The van der Waals surface area contributed by atoms with E-state index in [4.69, 9.17) is 5.14 Å². The zero-order valence-corrected chi connectivity index (χ0v) is 15.8. The van der Waals surface area contributed by atoms with Crippen molar-refractivity contribution in [3.05, 3.63) is 52.2 Å². The van der Waals surface area contributed by atoms with E-state index in [1.807, 2.05) is 17.5 Å². The Kier molecular flexibility index (Phi) is 6.90. The molecule has 0 spiro atoms. The number of nitrogens with one attached hydrogen (secondary N) is 1. The number of thiophene rings is 1. The van der Waals surface area contributed by atoms with Crippen LogP contribution in [0.15, 0.2) is 46.7 Å². The van der Waals surface area contributed by atoms with Crippen LogP contribution in [0.5, 0.6) is 0 Å². The number of hydrogen-bond acceptors (Lipinski definition) is 6. The number of ether oxygens (including phenoxy) is 1. The van der Waals surface area contributed by atoms with Crippen molar-refractivity contribution < 1.29 is 22.7 Å². The minimum absolute atomic E-state index is 0.0292. The maximum atomic E-state index is 12.2. The van der Waals surface area contributed by atoms with E-state index >= 15 is 0 Å². The van der Waals surface area contributed by atoms with Crippen molar-refractivity contribution in [1.82, 2.24) is 5.32 Å². The van der Waals surface area contributed by atoms with Gasteiger partial charge in [0.05, 0.1) is 24.5 Å². The number of aryl methyl sites for hydroxylation is 1. The summed E-state index contributed by atoms with van der Waals surface area (Å²) in [5, 5.41) is 9.77. The van der Waals surface area contributed by atoms with Crippen LogP contribution in [0.3, 0.4) is 0 Å². The van der Waals surface area contributed by atoms with Gasteiger partial charge in [-0.25, -0.2) is 13.6 Å². The molecule has 1 amide bonds. The van der Waals surface area contributed by atoms with Gasteiger partial charge in [0.1, 0.15) is 0 Å². The molecule has 0 fully saturated rings. The quantitative estimate of drug-likeness (QED) is 0.660. The van der Waals surface area contributed by atoms with Gasteiger partial charge in [-0.2, -0.15) is 0 Å². The Morgan fingerprint density at radius 1 is 1.23 bits per heavy atom. The van der Waals surface area contributed by atoms with Gasteiger partial charge in [-0.3, -0.25) is 9.59 Å². The Labute approximate surface area is 156 Å². The molecule has 0 aliphatic heterocycles. The van der Waals surface area contributed by atoms with Gasteiger partial charge < -0.3 is 10.1 Å². The Hall–Kier alpha value is -2.23. The van der Waals surface area contributed by atoms with E-state index in [2.05, 4.69) is 10.1 Å². The summed E-state index contributed by atoms with van der Waals surface area (Å²) in [7, 11) is -2.42. The van der Waals surface area contributed by atoms with Crippen LogP contribution >= 0.6 is 11.3 Å². The zero-order chi connectivity index (χ0) is 19.2. The summed E-state index contributed by atoms with van der Waals surface area (Å²) in [5.74, 6) is -0.606. The van der Waals surface area contributed by atoms with Crippen LogP contribution in [0.2, 0.25) is 0 Å². The number of benzene rings is 1. The highest BCUT2D eigenvalue weighted by Crippen LogP contribution is 2.22. The molecule has 0 aliphatic carbocycles. The third kappa shape index (κ3) is 5.94. The number of hydrogen-bond donors (Lipinski definition) is 2. The largest absolute Gasteiger partial charge is 0.469 e. The predicted octanol–water partition coefficient (Wildman–Crippen LogP) is 1.75. The van der Waals surface area contributed by atoms with Crippen LogP contribution < -0.4 is 10.5 Å². The fourth-order valence-electron chi connectivity index (χ4n) is 2.33. The highest BCUT2D eigenvalue weighted by molar-refractivity contribution is 7.89. The number of sulfonamides is 1. The zero-order valence-electron chi connectivity index (χ0n) is 14.2. The number of primary sulfonamides is 1. The maximum Gasteiger partial charge on any atom is 0.307 e. The third-order valence-electron chi connectivity index (χ3n) is 3.71. The molecule has 3 N–H and O–H groups in total. The Morgan fingerprint density at radius 2 is 1.92 bits per heavy atom. The number of esters is 1. The summed E-state index contributed by atoms with van der Waals surface area (Å²) >= 11 is 1.45. The summed E-state index contributed by atoms with van der Waals surface area (Å²) in [6, 6.07) is 9.34. The molecule has 7 nitrogen and oxygen atoms in total. The SMILES string of the molecule is COC(=O)C[C@H](NC(=O)CCc1ccc(S(N)(=O)=O)cc1)c1cccs1. The molecule has 26 heavy (non-hydrogen) atoms. The molecule has 1 atom stereocenters. The third-order valence-corrected chi connectivity index (χ3v) is 5.63. The van der Waals surface area contributed by atoms with Gasteiger partial charge in [0, 0.05) is 11.3 Å². The summed E-state index contributed by atoms with van der Waals surface area (Å²) in [4.78, 5) is 24.7. The molecule has 9 heteroatoms. The lowest BCUT2D eigenvalue weighted by Crippen LogP contribution is -2.30. The first-order valence-corrected chi connectivity index (χ1v) is 10.2. The molecule has 0 bridgehead atoms. The van der Waals surface area contributed by atoms with E-state index in [1.54, 1.807) is 12.1 Å². The molecular formula is C17H20N2O5S2. The van der Waals surface area contributed by atoms with Crippen LogP contribution in [0.25, 0.3) is 0 Å². The lowest BCUT2D eigenvalue weighted by atomic mass is 10.1. The Bertz CT molecular complexity index is 846. The van der Waals surface area contributed by atoms with E-state index in [1.165, 1.54) is 30.6 Å². The van der Waals surface area contributed by atoms with Crippen LogP contribution in [0.4, 0.5) is 0 Å². The first kappa shape index (κ1) is 20.1. The topological polar surface area (TPSA) is 116 Å². The highest BCUT2D eigenvalue weighted by Gasteiger charge is 2.19. The van der Waals surface area contributed by atoms with Crippen molar-refractivity contribution in [2.75, 3.05) is 7.11 Å². The second-order valence-electron chi connectivity index (χ2n) is 5.60. The van der Waals surface area contributed by atoms with Crippen molar-refractivity contribution >= 4 is 33.2 Å². The van der Waals surface area contributed by atoms with Gasteiger partial charge >= 0.3 is 5.97 Å². The molecule has 0 aliphatic rings. The summed E-state index contributed by atoms with van der Waals surface area (Å²) in [5.41, 5.74) is 0.813. The number of carbonyl (C=O) groups excluding carboxylic acids is 2. The van der Waals surface area contributed by atoms with Gasteiger partial charge in [-0.1, -0.05) is 18.2 Å². The fraction of sp³-hybridized carbons (Fsp3) is 0.294. The number of carbonyl (C=O) groups is 2. The lowest BCUT2D eigenvalue weighted by Gasteiger charge is -2.16. The van der Waals surface area contributed by atoms with Gasteiger partial charge in [-0.05, 0) is 35.6 Å². The molecule has 1 heterocycles. The summed E-state index contributed by atoms with van der Waals surface area (Å²) in [6.07, 6.45) is 0.704. The van der Waals surface area contributed by atoms with Crippen molar-refractivity contribution in [3.8, 4) is 0 Å². The standard InChI is InChI=1S/C17H20N2O5S2/c1-24-17(21)11-14(15-3-2-10-25-15)19-16(20)9-6-12-4-7-13(8-5-12)26(18,22)23/h2-5,7-8,10,14H,6,9,11H2,1H3,(H,19,20)(H2,18,22,23)/t14-/m0/s1. The second kappa shape index (κ2) is 8.93. The minimum Gasteiger partial charge on any atom is -0.469 e. The Balaban J connectivity index is 1.94. The molecule has 0 radical (unpaired) electrons. The van der Waals surface area contributed by atoms with Crippen molar-refractivity contribution in [1.29, 1.82) is 0 Å². The van der Waals surface area contributed by atoms with Crippen LogP contribution in [-0.2, 0) is 30.8 Å². The minimum atomic E-state index is -3.73. The average molecular weight is 396 g/mol. The maximum absolute atomic E-state index is 12.2. The normalized spacial score (nSPS) is 12.4. The van der Waals surface area contributed by atoms with Crippen LogP contribution in [0.1, 0.15) is 29.3 Å². The Morgan fingerprint density at radius 3 is 2.46 bits per heavy atom. The first-order valence-electron chi connectivity index (χ1n) is 7.81. The molecule has 1 aromatic carbocycles. The molecule has 2 rings (SSSR count). The smallest absolute Gasteiger partial charge is 0.307 e. The number of rotatable bonds is 8. The van der Waals surface area contributed by atoms with E-state index < -0.39 is 22.0 Å². The van der Waals surface area contributed by atoms with Crippen molar-refractivity contribution in [2.45, 2.75) is 30.2 Å². The molecular weight excluding hydrogens is 376 g/mol. The van der Waals surface area contributed by atoms with Gasteiger partial charge in [0.2, 0.25) is 15.9 Å².